The normalized spacial score (nSPS) is 15.3. The Kier molecular flexibility index (Phi) is 7.28. The van der Waals surface area contributed by atoms with Crippen molar-refractivity contribution in [3.8, 4) is 5.75 Å². The highest BCUT2D eigenvalue weighted by Crippen LogP contribution is 2.32. The zero-order valence-corrected chi connectivity index (χ0v) is 20.0. The summed E-state index contributed by atoms with van der Waals surface area (Å²) in [4.78, 5) is 14.8. The predicted octanol–water partition coefficient (Wildman–Crippen LogP) is 5.55. The number of benzene rings is 2. The van der Waals surface area contributed by atoms with E-state index in [-0.39, 0.29) is 28.0 Å². The van der Waals surface area contributed by atoms with Gasteiger partial charge in [0.15, 0.2) is 0 Å². The van der Waals surface area contributed by atoms with Crippen LogP contribution in [-0.4, -0.2) is 25.3 Å². The summed E-state index contributed by atoms with van der Waals surface area (Å²) in [5.74, 6) is 0.0671. The van der Waals surface area contributed by atoms with Gasteiger partial charge in [-0.25, -0.2) is 4.39 Å². The summed E-state index contributed by atoms with van der Waals surface area (Å²) in [7, 11) is -4.08. The van der Waals surface area contributed by atoms with Gasteiger partial charge in [-0.2, -0.15) is 8.42 Å². The van der Waals surface area contributed by atoms with Gasteiger partial charge in [-0.15, -0.1) is 0 Å². The van der Waals surface area contributed by atoms with Gasteiger partial charge in [0.05, 0.1) is 0 Å². The quantitative estimate of drug-likeness (QED) is 0.460. The Hall–Kier alpha value is -2.41. The molecule has 1 saturated carbocycles. The molecule has 0 saturated heterocycles. The monoisotopic (exact) mass is 461 g/mol. The van der Waals surface area contributed by atoms with Crippen molar-refractivity contribution >= 4 is 16.0 Å². The van der Waals surface area contributed by atoms with Crippen molar-refractivity contribution in [3.05, 3.63) is 59.9 Å². The van der Waals surface area contributed by atoms with E-state index in [9.17, 15) is 17.6 Å². The fraction of sp³-hybridized carbons (Fsp3) is 0.480. The van der Waals surface area contributed by atoms with Gasteiger partial charge in [0.25, 0.3) is 0 Å². The number of carbonyl (C=O) groups excluding carboxylic acids is 1. The molecule has 174 valence electrons. The average molecular weight is 462 g/mol. The molecule has 5 nitrogen and oxygen atoms in total. The molecule has 0 radical (unpaired) electrons. The zero-order valence-electron chi connectivity index (χ0n) is 19.2. The van der Waals surface area contributed by atoms with E-state index >= 15 is 0 Å². The summed E-state index contributed by atoms with van der Waals surface area (Å²) in [5.41, 5.74) is 0.978. The van der Waals surface area contributed by atoms with Crippen LogP contribution >= 0.6 is 0 Å². The Morgan fingerprint density at radius 2 is 1.81 bits per heavy atom. The number of nitrogens with zero attached hydrogens (tertiary/aromatic N) is 1. The molecule has 0 aromatic heterocycles. The molecule has 1 atom stereocenters. The Morgan fingerprint density at radius 3 is 2.41 bits per heavy atom. The zero-order chi connectivity index (χ0) is 23.5. The van der Waals surface area contributed by atoms with Gasteiger partial charge in [0, 0.05) is 19.0 Å². The molecule has 1 aliphatic rings. The summed E-state index contributed by atoms with van der Waals surface area (Å²) in [5, 5.41) is 0. The Labute approximate surface area is 190 Å². The third-order valence-electron chi connectivity index (χ3n) is 5.35. The fourth-order valence-corrected chi connectivity index (χ4v) is 4.93. The summed E-state index contributed by atoms with van der Waals surface area (Å²) >= 11 is 0. The maximum atomic E-state index is 13.1. The van der Waals surface area contributed by atoms with Crippen LogP contribution in [0.25, 0.3) is 0 Å². The van der Waals surface area contributed by atoms with Gasteiger partial charge < -0.3 is 9.08 Å². The first kappa shape index (κ1) is 24.2. The van der Waals surface area contributed by atoms with E-state index in [0.29, 0.717) is 18.9 Å². The largest absolute Gasteiger partial charge is 0.379 e. The van der Waals surface area contributed by atoms with Gasteiger partial charge in [-0.05, 0) is 72.6 Å². The molecular formula is C25H32FNO4S. The molecule has 1 fully saturated rings. The van der Waals surface area contributed by atoms with Crippen LogP contribution in [0.2, 0.25) is 0 Å². The lowest BCUT2D eigenvalue weighted by atomic mass is 9.84. The summed E-state index contributed by atoms with van der Waals surface area (Å²) in [6.45, 7) is 9.07. The second-order valence-corrected chi connectivity index (χ2v) is 11.5. The number of hydrogen-bond donors (Lipinski definition) is 0. The smallest absolute Gasteiger partial charge is 0.339 e. The van der Waals surface area contributed by atoms with Crippen LogP contribution in [0.15, 0.2) is 53.4 Å². The third kappa shape index (κ3) is 7.05. The van der Waals surface area contributed by atoms with Gasteiger partial charge in [-0.1, -0.05) is 39.8 Å². The lowest BCUT2D eigenvalue weighted by Gasteiger charge is -2.27. The van der Waals surface area contributed by atoms with E-state index < -0.39 is 15.9 Å². The lowest BCUT2D eigenvalue weighted by Crippen LogP contribution is -2.34. The van der Waals surface area contributed by atoms with E-state index in [4.69, 9.17) is 4.18 Å². The second-order valence-electron chi connectivity index (χ2n) is 9.97. The van der Waals surface area contributed by atoms with E-state index in [1.165, 1.54) is 12.1 Å². The molecule has 0 heterocycles. The molecule has 1 amide bonds. The Bertz CT molecular complexity index is 1040. The standard InChI is InChI=1S/C25H32FNO4S/c1-18(16-25(2,3)4)14-24(28)27(21-10-11-21)17-19-6-5-7-22(15-19)31-32(29,30)23-12-8-20(26)9-13-23/h5-9,12-13,15,18,21H,10-11,14,16-17H2,1-4H3/t18-/m1/s1. The first-order chi connectivity index (χ1) is 14.9. The highest BCUT2D eigenvalue weighted by molar-refractivity contribution is 7.87. The van der Waals surface area contributed by atoms with E-state index in [1.807, 2.05) is 11.0 Å². The highest BCUT2D eigenvalue weighted by Gasteiger charge is 2.33. The van der Waals surface area contributed by atoms with Crippen molar-refractivity contribution in [1.82, 2.24) is 4.90 Å². The molecule has 32 heavy (non-hydrogen) atoms. The number of amides is 1. The first-order valence-electron chi connectivity index (χ1n) is 11.0. The molecule has 2 aromatic carbocycles. The third-order valence-corrected chi connectivity index (χ3v) is 6.61. The molecule has 0 unspecified atom stereocenters. The van der Waals surface area contributed by atoms with E-state index in [1.54, 1.807) is 18.2 Å². The van der Waals surface area contributed by atoms with E-state index in [0.717, 1.165) is 37.0 Å². The predicted molar refractivity (Wildman–Crippen MR) is 122 cm³/mol. The van der Waals surface area contributed by atoms with Gasteiger partial charge in [-0.3, -0.25) is 4.79 Å². The molecule has 0 N–H and O–H groups in total. The first-order valence-corrected chi connectivity index (χ1v) is 12.4. The van der Waals surface area contributed by atoms with Crippen LogP contribution in [0.3, 0.4) is 0 Å². The van der Waals surface area contributed by atoms with Crippen LogP contribution < -0.4 is 4.18 Å². The summed E-state index contributed by atoms with van der Waals surface area (Å²) in [6.07, 6.45) is 3.47. The molecule has 3 rings (SSSR count). The van der Waals surface area contributed by atoms with Crippen LogP contribution in [-0.2, 0) is 21.5 Å². The molecule has 2 aromatic rings. The number of carbonyl (C=O) groups is 1. The van der Waals surface area contributed by atoms with E-state index in [2.05, 4.69) is 27.7 Å². The van der Waals surface area contributed by atoms with Crippen molar-refractivity contribution in [3.63, 3.8) is 0 Å². The molecule has 1 aliphatic carbocycles. The molecule has 0 aliphatic heterocycles. The van der Waals surface area contributed by atoms with Gasteiger partial charge in [0.1, 0.15) is 16.5 Å². The minimum Gasteiger partial charge on any atom is -0.379 e. The van der Waals surface area contributed by atoms with Crippen LogP contribution in [0, 0.1) is 17.2 Å². The number of hydrogen-bond acceptors (Lipinski definition) is 4. The maximum absolute atomic E-state index is 13.1. The van der Waals surface area contributed by atoms with Crippen molar-refractivity contribution in [2.45, 2.75) is 70.9 Å². The van der Waals surface area contributed by atoms with Crippen LogP contribution in [0.4, 0.5) is 4.39 Å². The Balaban J connectivity index is 1.69. The summed E-state index contributed by atoms with van der Waals surface area (Å²) < 4.78 is 43.4. The molecule has 0 bridgehead atoms. The molecule has 0 spiro atoms. The second kappa shape index (κ2) is 9.61. The van der Waals surface area contributed by atoms with Crippen LogP contribution in [0.1, 0.15) is 58.9 Å². The minimum absolute atomic E-state index is 0.119. The summed E-state index contributed by atoms with van der Waals surface area (Å²) in [6, 6.07) is 11.5. The maximum Gasteiger partial charge on any atom is 0.339 e. The Morgan fingerprint density at radius 1 is 1.16 bits per heavy atom. The van der Waals surface area contributed by atoms with Crippen molar-refractivity contribution < 1.29 is 21.8 Å². The lowest BCUT2D eigenvalue weighted by molar-refractivity contribution is -0.133. The highest BCUT2D eigenvalue weighted by atomic mass is 32.2. The van der Waals surface area contributed by atoms with Gasteiger partial charge >= 0.3 is 10.1 Å². The number of halogens is 1. The van der Waals surface area contributed by atoms with Crippen molar-refractivity contribution in [2.75, 3.05) is 0 Å². The number of rotatable bonds is 9. The van der Waals surface area contributed by atoms with Crippen LogP contribution in [0.5, 0.6) is 5.75 Å². The topological polar surface area (TPSA) is 63.7 Å². The molecule has 7 heteroatoms. The van der Waals surface area contributed by atoms with Crippen molar-refractivity contribution in [1.29, 1.82) is 0 Å². The van der Waals surface area contributed by atoms with Crippen molar-refractivity contribution in [2.24, 2.45) is 11.3 Å². The average Bonchev–Trinajstić information content (AvgIpc) is 3.49. The SMILES string of the molecule is C[C@H](CC(=O)N(Cc1cccc(OS(=O)(=O)c2ccc(F)cc2)c1)C1CC1)CC(C)(C)C. The fourth-order valence-electron chi connectivity index (χ4n) is 4.01. The minimum atomic E-state index is -4.08. The van der Waals surface area contributed by atoms with Gasteiger partial charge in [0.2, 0.25) is 5.91 Å². The molecular weight excluding hydrogens is 429 g/mol.